The highest BCUT2D eigenvalue weighted by atomic mass is 16.5. The Balaban J connectivity index is 1.66. The molecule has 3 rings (SSSR count). The Morgan fingerprint density at radius 1 is 1.33 bits per heavy atom. The maximum Gasteiger partial charge on any atom is 0.255 e. The van der Waals surface area contributed by atoms with Crippen LogP contribution >= 0.6 is 0 Å². The van der Waals surface area contributed by atoms with E-state index in [4.69, 9.17) is 4.74 Å². The van der Waals surface area contributed by atoms with Gasteiger partial charge in [0.15, 0.2) is 0 Å². The van der Waals surface area contributed by atoms with Crippen molar-refractivity contribution in [2.75, 3.05) is 19.7 Å². The number of ether oxygens (including phenoxy) is 1. The number of amides is 2. The van der Waals surface area contributed by atoms with Crippen LogP contribution in [0, 0.1) is 13.8 Å². The number of aromatic nitrogens is 2. The minimum absolute atomic E-state index is 0.0175. The van der Waals surface area contributed by atoms with Crippen LogP contribution in [0.5, 0.6) is 5.75 Å². The van der Waals surface area contributed by atoms with Gasteiger partial charge in [-0.2, -0.15) is 5.10 Å². The molecule has 1 saturated heterocycles. The van der Waals surface area contributed by atoms with Crippen LogP contribution in [0.3, 0.4) is 0 Å². The van der Waals surface area contributed by atoms with Crippen LogP contribution in [0.2, 0.25) is 0 Å². The first-order valence-corrected chi connectivity index (χ1v) is 9.33. The topological polar surface area (TPSA) is 87.3 Å². The smallest absolute Gasteiger partial charge is 0.255 e. The Labute approximate surface area is 159 Å². The molecular formula is C20H26N4O3. The van der Waals surface area contributed by atoms with Crippen molar-refractivity contribution in [2.24, 2.45) is 0 Å². The summed E-state index contributed by atoms with van der Waals surface area (Å²) < 4.78 is 5.49. The first-order chi connectivity index (χ1) is 13.0. The monoisotopic (exact) mass is 370 g/mol. The molecule has 1 aliphatic heterocycles. The third kappa shape index (κ3) is 3.97. The zero-order chi connectivity index (χ0) is 19.4. The molecule has 27 heavy (non-hydrogen) atoms. The van der Waals surface area contributed by atoms with Gasteiger partial charge in [0, 0.05) is 17.8 Å². The van der Waals surface area contributed by atoms with Crippen LogP contribution < -0.4 is 10.1 Å². The molecule has 1 atom stereocenters. The first kappa shape index (κ1) is 18.9. The molecule has 1 aromatic carbocycles. The zero-order valence-corrected chi connectivity index (χ0v) is 16.0. The van der Waals surface area contributed by atoms with Crippen molar-refractivity contribution in [1.82, 2.24) is 20.4 Å². The lowest BCUT2D eigenvalue weighted by molar-refractivity contribution is -0.131. The van der Waals surface area contributed by atoms with Gasteiger partial charge in [-0.15, -0.1) is 0 Å². The lowest BCUT2D eigenvalue weighted by Crippen LogP contribution is -2.40. The second-order valence-electron chi connectivity index (χ2n) is 6.70. The maximum absolute atomic E-state index is 12.8. The molecule has 2 heterocycles. The molecule has 0 spiro atoms. The molecule has 0 bridgehead atoms. The Bertz CT molecular complexity index is 811. The van der Waals surface area contributed by atoms with Crippen LogP contribution in [0.4, 0.5) is 0 Å². The lowest BCUT2D eigenvalue weighted by atomic mass is 10.0. The van der Waals surface area contributed by atoms with Gasteiger partial charge in [0.05, 0.1) is 30.5 Å². The number of carbonyl (C=O) groups excluding carboxylic acids is 2. The number of carbonyl (C=O) groups is 2. The van der Waals surface area contributed by atoms with Crippen LogP contribution in [-0.4, -0.2) is 46.6 Å². The van der Waals surface area contributed by atoms with Crippen molar-refractivity contribution in [2.45, 2.75) is 39.7 Å². The van der Waals surface area contributed by atoms with Crippen molar-refractivity contribution < 1.29 is 14.3 Å². The zero-order valence-electron chi connectivity index (χ0n) is 16.0. The van der Waals surface area contributed by atoms with Gasteiger partial charge in [-0.1, -0.05) is 12.1 Å². The molecule has 1 aromatic heterocycles. The Kier molecular flexibility index (Phi) is 5.78. The highest BCUT2D eigenvalue weighted by Crippen LogP contribution is 2.34. The SMILES string of the molecule is CCOc1ccccc1C(=O)NCC(=O)N1CCCC1c1c(C)n[nH]c1C. The van der Waals surface area contributed by atoms with Gasteiger partial charge in [0.2, 0.25) is 5.91 Å². The summed E-state index contributed by atoms with van der Waals surface area (Å²) in [6.07, 6.45) is 1.86. The predicted molar refractivity (Wildman–Crippen MR) is 102 cm³/mol. The van der Waals surface area contributed by atoms with E-state index in [1.165, 1.54) is 0 Å². The summed E-state index contributed by atoms with van der Waals surface area (Å²) in [5.74, 6) is 0.132. The van der Waals surface area contributed by atoms with Crippen molar-refractivity contribution in [3.8, 4) is 5.75 Å². The quantitative estimate of drug-likeness (QED) is 0.818. The number of H-pyrrole nitrogens is 1. The number of rotatable bonds is 6. The number of nitrogens with zero attached hydrogens (tertiary/aromatic N) is 2. The van der Waals surface area contributed by atoms with E-state index < -0.39 is 0 Å². The van der Waals surface area contributed by atoms with Crippen LogP contribution in [0.25, 0.3) is 0 Å². The lowest BCUT2D eigenvalue weighted by Gasteiger charge is -2.25. The van der Waals surface area contributed by atoms with E-state index in [-0.39, 0.29) is 24.4 Å². The minimum atomic E-state index is -0.307. The van der Waals surface area contributed by atoms with E-state index in [0.29, 0.717) is 24.5 Å². The van der Waals surface area contributed by atoms with Crippen LogP contribution in [-0.2, 0) is 4.79 Å². The summed E-state index contributed by atoms with van der Waals surface area (Å²) >= 11 is 0. The molecule has 2 aromatic rings. The normalized spacial score (nSPS) is 16.4. The van der Waals surface area contributed by atoms with E-state index in [1.54, 1.807) is 18.2 Å². The average molecular weight is 370 g/mol. The molecule has 2 amide bonds. The van der Waals surface area contributed by atoms with E-state index in [2.05, 4.69) is 15.5 Å². The number of benzene rings is 1. The molecule has 7 nitrogen and oxygen atoms in total. The molecule has 144 valence electrons. The van der Waals surface area contributed by atoms with Gasteiger partial charge in [-0.3, -0.25) is 14.7 Å². The van der Waals surface area contributed by atoms with Gasteiger partial charge >= 0.3 is 0 Å². The van der Waals surface area contributed by atoms with Crippen molar-refractivity contribution >= 4 is 11.8 Å². The van der Waals surface area contributed by atoms with Gasteiger partial charge in [-0.05, 0) is 45.7 Å². The molecule has 2 N–H and O–H groups in total. The molecule has 1 fully saturated rings. The number of hydrogen-bond acceptors (Lipinski definition) is 4. The van der Waals surface area contributed by atoms with Crippen molar-refractivity contribution in [1.29, 1.82) is 0 Å². The van der Waals surface area contributed by atoms with Crippen LogP contribution in [0.1, 0.15) is 53.1 Å². The summed E-state index contributed by atoms with van der Waals surface area (Å²) in [6, 6.07) is 7.06. The largest absolute Gasteiger partial charge is 0.493 e. The Morgan fingerprint density at radius 3 is 2.81 bits per heavy atom. The number of likely N-dealkylation sites (tertiary alicyclic amines) is 1. The molecular weight excluding hydrogens is 344 g/mol. The summed E-state index contributed by atoms with van der Waals surface area (Å²) in [5.41, 5.74) is 3.44. The number of aryl methyl sites for hydroxylation is 2. The first-order valence-electron chi connectivity index (χ1n) is 9.33. The molecule has 0 radical (unpaired) electrons. The van der Waals surface area contributed by atoms with Crippen LogP contribution in [0.15, 0.2) is 24.3 Å². The van der Waals surface area contributed by atoms with E-state index in [9.17, 15) is 9.59 Å². The molecule has 0 saturated carbocycles. The van der Waals surface area contributed by atoms with Gasteiger partial charge < -0.3 is 15.0 Å². The van der Waals surface area contributed by atoms with E-state index >= 15 is 0 Å². The fourth-order valence-electron chi connectivity index (χ4n) is 3.70. The predicted octanol–water partition coefficient (Wildman–Crippen LogP) is 2.52. The number of nitrogens with one attached hydrogen (secondary N) is 2. The fourth-order valence-corrected chi connectivity index (χ4v) is 3.70. The highest BCUT2D eigenvalue weighted by molar-refractivity contribution is 5.98. The maximum atomic E-state index is 12.8. The Hall–Kier alpha value is -2.83. The third-order valence-corrected chi connectivity index (χ3v) is 4.92. The summed E-state index contributed by atoms with van der Waals surface area (Å²) in [6.45, 7) is 6.92. The van der Waals surface area contributed by atoms with E-state index in [1.807, 2.05) is 31.7 Å². The summed E-state index contributed by atoms with van der Waals surface area (Å²) in [4.78, 5) is 27.1. The third-order valence-electron chi connectivity index (χ3n) is 4.92. The van der Waals surface area contributed by atoms with Gasteiger partial charge in [0.25, 0.3) is 5.91 Å². The fraction of sp³-hybridized carbons (Fsp3) is 0.450. The molecule has 7 heteroatoms. The standard InChI is InChI=1S/C20H26N4O3/c1-4-27-17-10-6-5-8-15(17)20(26)21-12-18(25)24-11-7-9-16(24)19-13(2)22-23-14(19)3/h5-6,8,10,16H,4,7,9,11-12H2,1-3H3,(H,21,26)(H,22,23). The van der Waals surface area contributed by atoms with Crippen molar-refractivity contribution in [3.63, 3.8) is 0 Å². The highest BCUT2D eigenvalue weighted by Gasteiger charge is 2.33. The van der Waals surface area contributed by atoms with E-state index in [0.717, 1.165) is 29.8 Å². The number of para-hydroxylation sites is 1. The number of aromatic amines is 1. The van der Waals surface area contributed by atoms with Crippen molar-refractivity contribution in [3.05, 3.63) is 46.8 Å². The van der Waals surface area contributed by atoms with Gasteiger partial charge in [-0.25, -0.2) is 0 Å². The minimum Gasteiger partial charge on any atom is -0.493 e. The second kappa shape index (κ2) is 8.24. The molecule has 1 unspecified atom stereocenters. The molecule has 0 aliphatic carbocycles. The summed E-state index contributed by atoms with van der Waals surface area (Å²) in [7, 11) is 0. The summed E-state index contributed by atoms with van der Waals surface area (Å²) in [5, 5.41) is 9.98. The van der Waals surface area contributed by atoms with Gasteiger partial charge in [0.1, 0.15) is 5.75 Å². The average Bonchev–Trinajstić information content (AvgIpc) is 3.26. The Morgan fingerprint density at radius 2 is 2.11 bits per heavy atom. The molecule has 1 aliphatic rings. The number of hydrogen-bond donors (Lipinski definition) is 2. The second-order valence-corrected chi connectivity index (χ2v) is 6.70.